The van der Waals surface area contributed by atoms with Gasteiger partial charge in [0.1, 0.15) is 0 Å². The van der Waals surface area contributed by atoms with Crippen molar-refractivity contribution in [2.75, 3.05) is 13.2 Å². The fourth-order valence-electron chi connectivity index (χ4n) is 2.43. The molecule has 1 N–H and O–H groups in total. The number of rotatable bonds is 5. The van der Waals surface area contributed by atoms with E-state index in [9.17, 15) is 0 Å². The van der Waals surface area contributed by atoms with Gasteiger partial charge in [-0.2, -0.15) is 5.10 Å². The lowest BCUT2D eigenvalue weighted by atomic mass is 10.0. The van der Waals surface area contributed by atoms with Gasteiger partial charge < -0.3 is 10.1 Å². The summed E-state index contributed by atoms with van der Waals surface area (Å²) in [7, 11) is 1.99. The average molecular weight is 316 g/mol. The third-order valence-corrected chi connectivity index (χ3v) is 4.51. The van der Waals surface area contributed by atoms with E-state index < -0.39 is 0 Å². The molecule has 102 valence electrons. The SMILES string of the molecule is CCc1nn(C)c(CNCC2(C)CCCO2)c1Br. The molecule has 1 unspecified atom stereocenters. The van der Waals surface area contributed by atoms with E-state index in [2.05, 4.69) is 40.2 Å². The van der Waals surface area contributed by atoms with Gasteiger partial charge in [0.2, 0.25) is 0 Å². The summed E-state index contributed by atoms with van der Waals surface area (Å²) < 4.78 is 8.86. The molecule has 1 aliphatic heterocycles. The van der Waals surface area contributed by atoms with Crippen molar-refractivity contribution in [2.45, 2.75) is 45.3 Å². The molecule has 0 bridgehead atoms. The Hall–Kier alpha value is -0.390. The summed E-state index contributed by atoms with van der Waals surface area (Å²) >= 11 is 3.63. The molecule has 1 aromatic heterocycles. The lowest BCUT2D eigenvalue weighted by Gasteiger charge is -2.23. The fraction of sp³-hybridized carbons (Fsp3) is 0.769. The molecule has 1 aliphatic rings. The Morgan fingerprint density at radius 2 is 2.33 bits per heavy atom. The Bertz CT molecular complexity index is 411. The molecule has 0 aromatic carbocycles. The number of nitrogens with zero attached hydrogens (tertiary/aromatic N) is 2. The molecule has 2 heterocycles. The smallest absolute Gasteiger partial charge is 0.0779 e. The van der Waals surface area contributed by atoms with Gasteiger partial charge in [-0.25, -0.2) is 0 Å². The van der Waals surface area contributed by atoms with Crippen LogP contribution in [0.4, 0.5) is 0 Å². The van der Waals surface area contributed by atoms with Crippen LogP contribution < -0.4 is 5.32 Å². The van der Waals surface area contributed by atoms with Crippen LogP contribution in [0.3, 0.4) is 0 Å². The van der Waals surface area contributed by atoms with Crippen LogP contribution in [0.2, 0.25) is 0 Å². The molecular weight excluding hydrogens is 294 g/mol. The molecule has 0 radical (unpaired) electrons. The summed E-state index contributed by atoms with van der Waals surface area (Å²) in [6.07, 6.45) is 3.27. The molecule has 4 nitrogen and oxygen atoms in total. The fourth-order valence-corrected chi connectivity index (χ4v) is 3.19. The van der Waals surface area contributed by atoms with Crippen molar-refractivity contribution >= 4 is 15.9 Å². The summed E-state index contributed by atoms with van der Waals surface area (Å²) in [6, 6.07) is 0. The van der Waals surface area contributed by atoms with E-state index in [1.807, 2.05) is 11.7 Å². The number of nitrogens with one attached hydrogen (secondary N) is 1. The maximum atomic E-state index is 5.77. The Kier molecular flexibility index (Phi) is 4.45. The first-order chi connectivity index (χ1) is 8.56. The molecule has 0 aliphatic carbocycles. The lowest BCUT2D eigenvalue weighted by molar-refractivity contribution is 0.0205. The Balaban J connectivity index is 1.92. The number of aromatic nitrogens is 2. The molecule has 5 heteroatoms. The van der Waals surface area contributed by atoms with Crippen LogP contribution in [-0.2, 0) is 24.8 Å². The summed E-state index contributed by atoms with van der Waals surface area (Å²) in [5, 5.41) is 7.98. The third-order valence-electron chi connectivity index (χ3n) is 3.59. The normalized spacial score (nSPS) is 23.8. The van der Waals surface area contributed by atoms with Crippen molar-refractivity contribution in [2.24, 2.45) is 7.05 Å². The zero-order chi connectivity index (χ0) is 13.2. The molecule has 1 atom stereocenters. The highest BCUT2D eigenvalue weighted by molar-refractivity contribution is 9.10. The number of ether oxygens (including phenoxy) is 1. The lowest BCUT2D eigenvalue weighted by Crippen LogP contribution is -2.37. The van der Waals surface area contributed by atoms with Gasteiger partial charge in [-0.05, 0) is 42.1 Å². The number of halogens is 1. The molecule has 1 saturated heterocycles. The van der Waals surface area contributed by atoms with Gasteiger partial charge in [0.25, 0.3) is 0 Å². The van der Waals surface area contributed by atoms with Gasteiger partial charge in [-0.15, -0.1) is 0 Å². The summed E-state index contributed by atoms with van der Waals surface area (Å²) in [4.78, 5) is 0. The first kappa shape index (κ1) is 14.0. The van der Waals surface area contributed by atoms with Gasteiger partial charge in [-0.1, -0.05) is 6.92 Å². The molecule has 2 rings (SSSR count). The Morgan fingerprint density at radius 3 is 2.89 bits per heavy atom. The van der Waals surface area contributed by atoms with Crippen molar-refractivity contribution in [1.29, 1.82) is 0 Å². The molecule has 1 fully saturated rings. The second kappa shape index (κ2) is 5.72. The zero-order valence-electron chi connectivity index (χ0n) is 11.4. The minimum Gasteiger partial charge on any atom is -0.374 e. The van der Waals surface area contributed by atoms with Gasteiger partial charge >= 0.3 is 0 Å². The van der Waals surface area contributed by atoms with Crippen LogP contribution >= 0.6 is 15.9 Å². The first-order valence-corrected chi connectivity index (χ1v) is 7.40. The predicted molar refractivity (Wildman–Crippen MR) is 75.6 cm³/mol. The highest BCUT2D eigenvalue weighted by Crippen LogP contribution is 2.25. The van der Waals surface area contributed by atoms with Crippen molar-refractivity contribution < 1.29 is 4.74 Å². The third kappa shape index (κ3) is 2.95. The zero-order valence-corrected chi connectivity index (χ0v) is 13.0. The highest BCUT2D eigenvalue weighted by Gasteiger charge is 2.29. The van der Waals surface area contributed by atoms with E-state index >= 15 is 0 Å². The molecular formula is C13H22BrN3O. The van der Waals surface area contributed by atoms with Gasteiger partial charge in [-0.3, -0.25) is 4.68 Å². The first-order valence-electron chi connectivity index (χ1n) is 6.60. The number of hydrogen-bond acceptors (Lipinski definition) is 3. The maximum Gasteiger partial charge on any atom is 0.0779 e. The second-order valence-corrected chi connectivity index (χ2v) is 5.98. The highest BCUT2D eigenvalue weighted by atomic mass is 79.9. The summed E-state index contributed by atoms with van der Waals surface area (Å²) in [5.41, 5.74) is 2.34. The quantitative estimate of drug-likeness (QED) is 0.907. The monoisotopic (exact) mass is 315 g/mol. The van der Waals surface area contributed by atoms with Crippen LogP contribution in [0.5, 0.6) is 0 Å². The van der Waals surface area contributed by atoms with Crippen LogP contribution in [0.1, 0.15) is 38.1 Å². The van der Waals surface area contributed by atoms with E-state index in [0.29, 0.717) is 0 Å². The Labute approximate surface area is 117 Å². The van der Waals surface area contributed by atoms with E-state index in [1.54, 1.807) is 0 Å². The summed E-state index contributed by atoms with van der Waals surface area (Å²) in [6.45, 7) is 6.92. The molecule has 1 aromatic rings. The van der Waals surface area contributed by atoms with Gasteiger partial charge in [0.05, 0.1) is 21.5 Å². The molecule has 0 amide bonds. The van der Waals surface area contributed by atoms with Gasteiger partial charge in [0.15, 0.2) is 0 Å². The van der Waals surface area contributed by atoms with Crippen LogP contribution in [-0.4, -0.2) is 28.5 Å². The minimum absolute atomic E-state index is 0.0126. The molecule has 0 spiro atoms. The summed E-state index contributed by atoms with van der Waals surface area (Å²) in [5.74, 6) is 0. The van der Waals surface area contributed by atoms with Crippen molar-refractivity contribution in [3.63, 3.8) is 0 Å². The number of hydrogen-bond donors (Lipinski definition) is 1. The van der Waals surface area contributed by atoms with E-state index in [1.165, 1.54) is 12.1 Å². The van der Waals surface area contributed by atoms with E-state index in [-0.39, 0.29) is 5.60 Å². The van der Waals surface area contributed by atoms with Crippen molar-refractivity contribution in [3.8, 4) is 0 Å². The van der Waals surface area contributed by atoms with Crippen LogP contribution in [0.15, 0.2) is 4.47 Å². The van der Waals surface area contributed by atoms with E-state index in [4.69, 9.17) is 4.74 Å². The number of aryl methyl sites for hydroxylation is 2. The van der Waals surface area contributed by atoms with Crippen molar-refractivity contribution in [3.05, 3.63) is 15.9 Å². The standard InChI is InChI=1S/C13H22BrN3O/c1-4-10-12(14)11(17(3)16-10)8-15-9-13(2)6-5-7-18-13/h15H,4-9H2,1-3H3. The van der Waals surface area contributed by atoms with Crippen LogP contribution in [0.25, 0.3) is 0 Å². The van der Waals surface area contributed by atoms with Crippen molar-refractivity contribution in [1.82, 2.24) is 15.1 Å². The Morgan fingerprint density at radius 1 is 1.56 bits per heavy atom. The average Bonchev–Trinajstić information content (AvgIpc) is 2.87. The maximum absolute atomic E-state index is 5.77. The largest absolute Gasteiger partial charge is 0.374 e. The van der Waals surface area contributed by atoms with Gasteiger partial charge in [0, 0.05) is 26.7 Å². The second-order valence-electron chi connectivity index (χ2n) is 5.19. The molecule has 18 heavy (non-hydrogen) atoms. The minimum atomic E-state index is 0.0126. The van der Waals surface area contributed by atoms with E-state index in [0.717, 1.165) is 42.7 Å². The van der Waals surface area contributed by atoms with Crippen LogP contribution in [0, 0.1) is 0 Å². The predicted octanol–water partition coefficient (Wildman–Crippen LogP) is 2.40. The topological polar surface area (TPSA) is 39.1 Å². The molecule has 0 saturated carbocycles.